The van der Waals surface area contributed by atoms with Crippen LogP contribution < -0.4 is 4.72 Å². The molecule has 0 saturated carbocycles. The minimum absolute atomic E-state index is 0.232. The number of nitrogens with zero attached hydrogens (tertiary/aromatic N) is 1. The van der Waals surface area contributed by atoms with Crippen molar-refractivity contribution in [3.63, 3.8) is 0 Å². The van der Waals surface area contributed by atoms with Crippen molar-refractivity contribution in [2.24, 2.45) is 5.41 Å². The zero-order valence-electron chi connectivity index (χ0n) is 11.7. The van der Waals surface area contributed by atoms with Crippen LogP contribution in [0.1, 0.15) is 41.0 Å². The van der Waals surface area contributed by atoms with Gasteiger partial charge in [0, 0.05) is 19.1 Å². The summed E-state index contributed by atoms with van der Waals surface area (Å²) in [6.45, 7) is 9.63. The van der Waals surface area contributed by atoms with Crippen LogP contribution in [0.4, 0.5) is 0 Å². The molecule has 0 saturated heterocycles. The highest BCUT2D eigenvalue weighted by Gasteiger charge is 2.32. The molecule has 0 radical (unpaired) electrons. The molecule has 6 nitrogen and oxygen atoms in total. The Morgan fingerprint density at radius 1 is 1.28 bits per heavy atom. The van der Waals surface area contributed by atoms with Crippen LogP contribution >= 0.6 is 0 Å². The van der Waals surface area contributed by atoms with Gasteiger partial charge in [-0.2, -0.15) is 17.4 Å². The van der Waals surface area contributed by atoms with E-state index in [2.05, 4.69) is 4.72 Å². The summed E-state index contributed by atoms with van der Waals surface area (Å²) < 4.78 is 27.9. The fraction of sp³-hybridized carbons (Fsp3) is 0.909. The van der Waals surface area contributed by atoms with Crippen molar-refractivity contribution in [2.45, 2.75) is 47.1 Å². The van der Waals surface area contributed by atoms with Crippen LogP contribution in [0.2, 0.25) is 0 Å². The minimum atomic E-state index is -3.63. The molecule has 0 aromatic rings. The summed E-state index contributed by atoms with van der Waals surface area (Å²) in [5.74, 6) is -1.02. The third-order valence-corrected chi connectivity index (χ3v) is 4.54. The van der Waals surface area contributed by atoms with Gasteiger partial charge in [-0.3, -0.25) is 4.79 Å². The molecule has 1 atom stereocenters. The van der Waals surface area contributed by atoms with Crippen LogP contribution in [0.25, 0.3) is 0 Å². The Labute approximate surface area is 110 Å². The van der Waals surface area contributed by atoms with Gasteiger partial charge < -0.3 is 5.11 Å². The number of carboxylic acids is 1. The van der Waals surface area contributed by atoms with E-state index in [0.717, 1.165) is 0 Å². The van der Waals surface area contributed by atoms with E-state index >= 15 is 0 Å². The molecule has 18 heavy (non-hydrogen) atoms. The molecular formula is C11H24N2O4S. The molecule has 2 N–H and O–H groups in total. The summed E-state index contributed by atoms with van der Waals surface area (Å²) in [6, 6.07) is -0.638. The van der Waals surface area contributed by atoms with Gasteiger partial charge in [-0.1, -0.05) is 34.6 Å². The van der Waals surface area contributed by atoms with E-state index in [-0.39, 0.29) is 6.42 Å². The van der Waals surface area contributed by atoms with Crippen molar-refractivity contribution in [2.75, 3.05) is 13.1 Å². The van der Waals surface area contributed by atoms with Crippen LogP contribution in [-0.2, 0) is 15.0 Å². The lowest BCUT2D eigenvalue weighted by Crippen LogP contribution is -2.50. The first-order chi connectivity index (χ1) is 8.04. The molecule has 0 fully saturated rings. The number of aliphatic carboxylic acids is 1. The molecule has 0 rings (SSSR count). The van der Waals surface area contributed by atoms with Crippen molar-refractivity contribution >= 4 is 16.2 Å². The van der Waals surface area contributed by atoms with Gasteiger partial charge in [0.2, 0.25) is 0 Å². The number of carboxylic acid groups (broad SMARTS) is 1. The number of rotatable bonds is 7. The molecule has 0 amide bonds. The van der Waals surface area contributed by atoms with Gasteiger partial charge >= 0.3 is 5.97 Å². The normalized spacial score (nSPS) is 14.8. The summed E-state index contributed by atoms with van der Waals surface area (Å²) in [6.07, 6.45) is -0.232. The zero-order valence-corrected chi connectivity index (χ0v) is 12.5. The van der Waals surface area contributed by atoms with Crippen molar-refractivity contribution in [1.82, 2.24) is 9.03 Å². The first-order valence-electron chi connectivity index (χ1n) is 6.03. The third-order valence-electron chi connectivity index (χ3n) is 2.76. The number of nitrogens with one attached hydrogen (secondary N) is 1. The molecule has 0 aliphatic carbocycles. The van der Waals surface area contributed by atoms with Crippen LogP contribution in [0, 0.1) is 5.41 Å². The van der Waals surface area contributed by atoms with Crippen LogP contribution in [0.3, 0.4) is 0 Å². The highest BCUT2D eigenvalue weighted by molar-refractivity contribution is 7.87. The molecule has 0 aromatic heterocycles. The number of hydrogen-bond acceptors (Lipinski definition) is 3. The molecule has 0 spiro atoms. The fourth-order valence-corrected chi connectivity index (χ4v) is 3.14. The highest BCUT2D eigenvalue weighted by atomic mass is 32.2. The second-order valence-electron chi connectivity index (χ2n) is 5.22. The SMILES string of the molecule is CCN(CC)S(=O)(=O)NC(CC(=O)O)C(C)(C)C. The van der Waals surface area contributed by atoms with E-state index in [1.807, 2.05) is 20.8 Å². The Bertz CT molecular complexity index is 369. The average molecular weight is 280 g/mol. The van der Waals surface area contributed by atoms with E-state index in [1.165, 1.54) is 4.31 Å². The highest BCUT2D eigenvalue weighted by Crippen LogP contribution is 2.23. The number of hydrogen-bond donors (Lipinski definition) is 2. The first kappa shape index (κ1) is 17.3. The maximum Gasteiger partial charge on any atom is 0.304 e. The predicted octanol–water partition coefficient (Wildman–Crippen LogP) is 1.05. The average Bonchev–Trinajstić information content (AvgIpc) is 2.15. The van der Waals surface area contributed by atoms with Gasteiger partial charge in [-0.05, 0) is 5.41 Å². The molecule has 0 aliphatic rings. The lowest BCUT2D eigenvalue weighted by Gasteiger charge is -2.32. The molecule has 0 aromatic carbocycles. The zero-order chi connectivity index (χ0) is 14.6. The number of carbonyl (C=O) groups is 1. The molecular weight excluding hydrogens is 256 g/mol. The third kappa shape index (κ3) is 5.32. The smallest absolute Gasteiger partial charge is 0.304 e. The Balaban J connectivity index is 5.04. The van der Waals surface area contributed by atoms with E-state index in [0.29, 0.717) is 13.1 Å². The summed E-state index contributed by atoms with van der Waals surface area (Å²) in [5.41, 5.74) is -0.460. The quantitative estimate of drug-likeness (QED) is 0.730. The standard InChI is InChI=1S/C11H24N2O4S/c1-6-13(7-2)18(16,17)12-9(8-10(14)15)11(3,4)5/h9,12H,6-8H2,1-5H3,(H,14,15). The molecule has 0 heterocycles. The van der Waals surface area contributed by atoms with E-state index < -0.39 is 27.6 Å². The van der Waals surface area contributed by atoms with Crippen molar-refractivity contribution in [3.8, 4) is 0 Å². The lowest BCUT2D eigenvalue weighted by molar-refractivity contribution is -0.138. The summed E-state index contributed by atoms with van der Waals surface area (Å²) >= 11 is 0. The Morgan fingerprint density at radius 3 is 2.00 bits per heavy atom. The van der Waals surface area contributed by atoms with Crippen molar-refractivity contribution in [1.29, 1.82) is 0 Å². The van der Waals surface area contributed by atoms with Gasteiger partial charge in [0.15, 0.2) is 0 Å². The monoisotopic (exact) mass is 280 g/mol. The maximum atomic E-state index is 12.1. The molecule has 108 valence electrons. The first-order valence-corrected chi connectivity index (χ1v) is 7.47. The molecule has 0 aliphatic heterocycles. The Morgan fingerprint density at radius 2 is 1.72 bits per heavy atom. The van der Waals surface area contributed by atoms with Gasteiger partial charge in [-0.15, -0.1) is 0 Å². The van der Waals surface area contributed by atoms with Crippen molar-refractivity contribution < 1.29 is 18.3 Å². The summed E-state index contributed by atoms with van der Waals surface area (Å²) in [4.78, 5) is 10.8. The van der Waals surface area contributed by atoms with Gasteiger partial charge in [0.1, 0.15) is 0 Å². The van der Waals surface area contributed by atoms with Crippen LogP contribution in [0.5, 0.6) is 0 Å². The summed E-state index contributed by atoms with van der Waals surface area (Å²) in [5, 5.41) is 8.85. The predicted molar refractivity (Wildman–Crippen MR) is 70.5 cm³/mol. The molecule has 0 bridgehead atoms. The second kappa shape index (κ2) is 6.49. The van der Waals surface area contributed by atoms with Gasteiger partial charge in [-0.25, -0.2) is 0 Å². The lowest BCUT2D eigenvalue weighted by atomic mass is 9.85. The van der Waals surface area contributed by atoms with E-state index in [4.69, 9.17) is 5.11 Å². The van der Waals surface area contributed by atoms with Gasteiger partial charge in [0.25, 0.3) is 10.2 Å². The Hall–Kier alpha value is -0.660. The Kier molecular flexibility index (Phi) is 6.25. The molecule has 7 heteroatoms. The van der Waals surface area contributed by atoms with Gasteiger partial charge in [0.05, 0.1) is 6.42 Å². The minimum Gasteiger partial charge on any atom is -0.481 e. The van der Waals surface area contributed by atoms with Crippen LogP contribution in [-0.4, -0.2) is 42.9 Å². The summed E-state index contributed by atoms with van der Waals surface area (Å²) in [7, 11) is -3.63. The van der Waals surface area contributed by atoms with E-state index in [1.54, 1.807) is 13.8 Å². The maximum absolute atomic E-state index is 12.1. The largest absolute Gasteiger partial charge is 0.481 e. The topological polar surface area (TPSA) is 86.7 Å². The second-order valence-corrected chi connectivity index (χ2v) is 6.93. The van der Waals surface area contributed by atoms with Crippen molar-refractivity contribution in [3.05, 3.63) is 0 Å². The fourth-order valence-electron chi connectivity index (χ4n) is 1.52. The van der Waals surface area contributed by atoms with E-state index in [9.17, 15) is 13.2 Å². The van der Waals surface area contributed by atoms with Crippen LogP contribution in [0.15, 0.2) is 0 Å². The molecule has 1 unspecified atom stereocenters.